The highest BCUT2D eigenvalue weighted by Crippen LogP contribution is 2.07. The Balaban J connectivity index is 2.71. The third kappa shape index (κ3) is 1.25. The molecule has 68 valence electrons. The molecule has 0 aliphatic carbocycles. The predicted octanol–water partition coefficient (Wildman–Crippen LogP) is 0.322. The van der Waals surface area contributed by atoms with E-state index < -0.39 is 0 Å². The van der Waals surface area contributed by atoms with E-state index in [2.05, 4.69) is 5.10 Å². The first-order valence-electron chi connectivity index (χ1n) is 4.11. The maximum atomic E-state index is 11.3. The largest absolute Gasteiger partial charge is 0.394 e. The van der Waals surface area contributed by atoms with Crippen molar-refractivity contribution in [3.8, 4) is 0 Å². The van der Waals surface area contributed by atoms with Crippen molar-refractivity contribution in [1.82, 2.24) is 9.78 Å². The van der Waals surface area contributed by atoms with E-state index >= 15 is 0 Å². The molecule has 0 spiro atoms. The quantitative estimate of drug-likeness (QED) is 0.695. The monoisotopic (exact) mass is 178 g/mol. The molecule has 0 bridgehead atoms. The van der Waals surface area contributed by atoms with Gasteiger partial charge >= 0.3 is 0 Å². The predicted molar refractivity (Wildman–Crippen MR) is 49.6 cm³/mol. The van der Waals surface area contributed by atoms with Gasteiger partial charge in [-0.3, -0.25) is 14.6 Å². The number of benzene rings is 1. The molecular formula is C9H10N2O2. The Morgan fingerprint density at radius 1 is 1.38 bits per heavy atom. The number of para-hydroxylation sites is 1. The zero-order valence-electron chi connectivity index (χ0n) is 7.03. The lowest BCUT2D eigenvalue weighted by Crippen LogP contribution is -2.07. The molecule has 0 unspecified atom stereocenters. The van der Waals surface area contributed by atoms with Crippen LogP contribution >= 0.6 is 0 Å². The Hall–Kier alpha value is -1.55. The van der Waals surface area contributed by atoms with Gasteiger partial charge < -0.3 is 5.11 Å². The van der Waals surface area contributed by atoms with Crippen molar-refractivity contribution in [2.45, 2.75) is 6.54 Å². The van der Waals surface area contributed by atoms with Gasteiger partial charge in [-0.2, -0.15) is 0 Å². The van der Waals surface area contributed by atoms with Gasteiger partial charge in [0.15, 0.2) is 0 Å². The molecule has 1 aromatic heterocycles. The molecule has 2 aromatic rings. The van der Waals surface area contributed by atoms with Crippen molar-refractivity contribution in [3.63, 3.8) is 0 Å². The van der Waals surface area contributed by atoms with Gasteiger partial charge in [0, 0.05) is 0 Å². The number of H-pyrrole nitrogens is 1. The average Bonchev–Trinajstić information content (AvgIpc) is 2.46. The Kier molecular flexibility index (Phi) is 1.90. The number of rotatable bonds is 2. The highest BCUT2D eigenvalue weighted by atomic mass is 16.3. The van der Waals surface area contributed by atoms with Crippen LogP contribution in [0.3, 0.4) is 0 Å². The summed E-state index contributed by atoms with van der Waals surface area (Å²) >= 11 is 0. The van der Waals surface area contributed by atoms with E-state index in [0.717, 1.165) is 5.52 Å². The third-order valence-electron chi connectivity index (χ3n) is 2.00. The van der Waals surface area contributed by atoms with Crippen molar-refractivity contribution in [1.29, 1.82) is 0 Å². The molecular weight excluding hydrogens is 168 g/mol. The molecule has 0 amide bonds. The number of fused-ring (bicyclic) bond motifs is 1. The first kappa shape index (κ1) is 8.07. The van der Waals surface area contributed by atoms with Crippen LogP contribution in [0.5, 0.6) is 0 Å². The summed E-state index contributed by atoms with van der Waals surface area (Å²) in [6.07, 6.45) is 0. The Morgan fingerprint density at radius 3 is 2.92 bits per heavy atom. The Bertz CT molecular complexity index is 470. The smallest absolute Gasteiger partial charge is 0.271 e. The summed E-state index contributed by atoms with van der Waals surface area (Å²) in [7, 11) is 0. The summed E-state index contributed by atoms with van der Waals surface area (Å²) in [6, 6.07) is 7.30. The molecule has 4 nitrogen and oxygen atoms in total. The van der Waals surface area contributed by atoms with Crippen molar-refractivity contribution in [3.05, 3.63) is 34.6 Å². The highest BCUT2D eigenvalue weighted by molar-refractivity contribution is 5.78. The van der Waals surface area contributed by atoms with Crippen LogP contribution in [0.2, 0.25) is 0 Å². The van der Waals surface area contributed by atoms with Crippen LogP contribution in [0.4, 0.5) is 0 Å². The Labute approximate surface area is 74.4 Å². The summed E-state index contributed by atoms with van der Waals surface area (Å²) in [4.78, 5) is 11.3. The molecule has 0 saturated heterocycles. The van der Waals surface area contributed by atoms with Gasteiger partial charge in [-0.05, 0) is 12.1 Å². The molecule has 0 saturated carbocycles. The van der Waals surface area contributed by atoms with E-state index in [1.54, 1.807) is 10.7 Å². The molecule has 1 heterocycles. The van der Waals surface area contributed by atoms with Gasteiger partial charge in [-0.1, -0.05) is 12.1 Å². The zero-order valence-corrected chi connectivity index (χ0v) is 7.03. The standard InChI is InChI=1S/C9H10N2O2/c12-6-5-11-8-4-2-1-3-7(8)9(13)10-11/h1-4,12H,5-6H2,(H,10,13). The maximum Gasteiger partial charge on any atom is 0.271 e. The van der Waals surface area contributed by atoms with E-state index in [1.807, 2.05) is 18.2 Å². The van der Waals surface area contributed by atoms with Crippen molar-refractivity contribution in [2.24, 2.45) is 0 Å². The Morgan fingerprint density at radius 2 is 2.15 bits per heavy atom. The lowest BCUT2D eigenvalue weighted by Gasteiger charge is -1.99. The first-order chi connectivity index (χ1) is 6.33. The van der Waals surface area contributed by atoms with Gasteiger partial charge in [0.2, 0.25) is 0 Å². The molecule has 2 N–H and O–H groups in total. The van der Waals surface area contributed by atoms with E-state index in [0.29, 0.717) is 11.9 Å². The fourth-order valence-electron chi connectivity index (χ4n) is 1.42. The number of aliphatic hydroxyl groups excluding tert-OH is 1. The minimum absolute atomic E-state index is 0.0224. The molecule has 1 aromatic carbocycles. The van der Waals surface area contributed by atoms with Gasteiger partial charge in [-0.25, -0.2) is 0 Å². The second-order valence-electron chi connectivity index (χ2n) is 2.83. The SMILES string of the molecule is O=c1[nH]n(CCO)c2ccccc12. The minimum atomic E-state index is -0.107. The van der Waals surface area contributed by atoms with Gasteiger partial charge in [0.1, 0.15) is 0 Å². The number of nitrogens with one attached hydrogen (secondary N) is 1. The second-order valence-corrected chi connectivity index (χ2v) is 2.83. The molecule has 2 rings (SSSR count). The fourth-order valence-corrected chi connectivity index (χ4v) is 1.42. The minimum Gasteiger partial charge on any atom is -0.394 e. The van der Waals surface area contributed by atoms with Crippen LogP contribution in [0.15, 0.2) is 29.1 Å². The summed E-state index contributed by atoms with van der Waals surface area (Å²) in [5.74, 6) is 0. The molecule has 13 heavy (non-hydrogen) atoms. The fraction of sp³-hybridized carbons (Fsp3) is 0.222. The van der Waals surface area contributed by atoms with Gasteiger partial charge in [0.25, 0.3) is 5.56 Å². The topological polar surface area (TPSA) is 58.0 Å². The summed E-state index contributed by atoms with van der Waals surface area (Å²) < 4.78 is 1.65. The molecule has 4 heteroatoms. The van der Waals surface area contributed by atoms with Crippen LogP contribution < -0.4 is 5.56 Å². The molecule has 0 aliphatic heterocycles. The average molecular weight is 178 g/mol. The second kappa shape index (κ2) is 3.06. The third-order valence-corrected chi connectivity index (χ3v) is 2.00. The van der Waals surface area contributed by atoms with Crippen LogP contribution in [0.1, 0.15) is 0 Å². The number of hydrogen-bond acceptors (Lipinski definition) is 2. The molecule has 0 fully saturated rings. The van der Waals surface area contributed by atoms with Gasteiger partial charge in [-0.15, -0.1) is 0 Å². The lowest BCUT2D eigenvalue weighted by molar-refractivity contribution is 0.271. The zero-order chi connectivity index (χ0) is 9.26. The van der Waals surface area contributed by atoms with Crippen LogP contribution in [0, 0.1) is 0 Å². The molecule has 0 atom stereocenters. The number of hydrogen-bond donors (Lipinski definition) is 2. The summed E-state index contributed by atoms with van der Waals surface area (Å²) in [6.45, 7) is 0.442. The number of aromatic amines is 1. The van der Waals surface area contributed by atoms with E-state index in [1.165, 1.54) is 0 Å². The summed E-state index contributed by atoms with van der Waals surface area (Å²) in [5, 5.41) is 12.1. The van der Waals surface area contributed by atoms with Crippen molar-refractivity contribution in [2.75, 3.05) is 6.61 Å². The van der Waals surface area contributed by atoms with Crippen molar-refractivity contribution < 1.29 is 5.11 Å². The summed E-state index contributed by atoms with van der Waals surface area (Å²) in [5.41, 5.74) is 0.727. The highest BCUT2D eigenvalue weighted by Gasteiger charge is 2.03. The van der Waals surface area contributed by atoms with Gasteiger partial charge in [0.05, 0.1) is 24.1 Å². The normalized spacial score (nSPS) is 10.8. The van der Waals surface area contributed by atoms with Crippen LogP contribution in [0.25, 0.3) is 10.9 Å². The number of aliphatic hydroxyl groups is 1. The van der Waals surface area contributed by atoms with Crippen LogP contribution in [-0.2, 0) is 6.54 Å². The van der Waals surface area contributed by atoms with E-state index in [4.69, 9.17) is 5.11 Å². The maximum absolute atomic E-state index is 11.3. The van der Waals surface area contributed by atoms with Crippen LogP contribution in [-0.4, -0.2) is 21.5 Å². The van der Waals surface area contributed by atoms with E-state index in [-0.39, 0.29) is 12.2 Å². The lowest BCUT2D eigenvalue weighted by atomic mass is 10.2. The number of aromatic nitrogens is 2. The number of nitrogens with zero attached hydrogens (tertiary/aromatic N) is 1. The first-order valence-corrected chi connectivity index (χ1v) is 4.11. The van der Waals surface area contributed by atoms with Crippen molar-refractivity contribution >= 4 is 10.9 Å². The van der Waals surface area contributed by atoms with E-state index in [9.17, 15) is 4.79 Å². The molecule has 0 aliphatic rings. The molecule has 0 radical (unpaired) electrons.